The molecule has 124 valence electrons. The molecule has 0 aromatic heterocycles. The third-order valence-electron chi connectivity index (χ3n) is 3.06. The van der Waals surface area contributed by atoms with E-state index in [1.165, 1.54) is 36.4 Å². The number of nitrogens with two attached hydrogens (primary N) is 2. The Bertz CT molecular complexity index is 741. The minimum absolute atomic E-state index is 0.220. The Kier molecular flexibility index (Phi) is 6.14. The lowest BCUT2D eigenvalue weighted by molar-refractivity contribution is 0.290. The molecule has 24 heavy (non-hydrogen) atoms. The standard InChI is InChI=1S/C13H12FNO.C6H6FN/c14-12-8-11(15)6-7-13(12)16-9-10-4-2-1-3-5-10;7-5-1-3-6(8)4-2-5/h1-8H,9,15H2;1-4H,8H2. The number of nitrogen functional groups attached to an aromatic ring is 2. The number of anilines is 2. The first kappa shape index (κ1) is 17.3. The molecule has 4 N–H and O–H groups in total. The summed E-state index contributed by atoms with van der Waals surface area (Å²) >= 11 is 0. The number of benzene rings is 3. The van der Waals surface area contributed by atoms with Crippen molar-refractivity contribution in [2.24, 2.45) is 0 Å². The predicted octanol–water partition coefficient (Wildman–Crippen LogP) is 4.39. The molecule has 0 saturated heterocycles. The predicted molar refractivity (Wildman–Crippen MR) is 92.4 cm³/mol. The van der Waals surface area contributed by atoms with Gasteiger partial charge in [-0.1, -0.05) is 30.3 Å². The fourth-order valence-electron chi connectivity index (χ4n) is 1.83. The first-order valence-corrected chi connectivity index (χ1v) is 7.27. The summed E-state index contributed by atoms with van der Waals surface area (Å²) < 4.78 is 30.7. The van der Waals surface area contributed by atoms with Crippen molar-refractivity contribution in [1.82, 2.24) is 0 Å². The summed E-state index contributed by atoms with van der Waals surface area (Å²) in [7, 11) is 0. The molecule has 0 spiro atoms. The molecule has 0 amide bonds. The van der Waals surface area contributed by atoms with Crippen LogP contribution in [-0.4, -0.2) is 0 Å². The van der Waals surface area contributed by atoms with Gasteiger partial charge in [0.05, 0.1) is 0 Å². The lowest BCUT2D eigenvalue weighted by Crippen LogP contribution is -1.97. The van der Waals surface area contributed by atoms with Gasteiger partial charge < -0.3 is 16.2 Å². The van der Waals surface area contributed by atoms with Crippen LogP contribution in [0.4, 0.5) is 20.2 Å². The van der Waals surface area contributed by atoms with E-state index in [-0.39, 0.29) is 11.6 Å². The smallest absolute Gasteiger partial charge is 0.167 e. The van der Waals surface area contributed by atoms with Gasteiger partial charge in [-0.2, -0.15) is 0 Å². The van der Waals surface area contributed by atoms with Gasteiger partial charge in [-0.05, 0) is 42.0 Å². The first-order valence-electron chi connectivity index (χ1n) is 7.27. The summed E-state index contributed by atoms with van der Waals surface area (Å²) in [5.41, 5.74) is 12.7. The van der Waals surface area contributed by atoms with Crippen molar-refractivity contribution in [2.75, 3.05) is 11.5 Å². The van der Waals surface area contributed by atoms with Crippen LogP contribution in [0.15, 0.2) is 72.8 Å². The molecule has 0 atom stereocenters. The zero-order valence-corrected chi connectivity index (χ0v) is 13.0. The van der Waals surface area contributed by atoms with Crippen LogP contribution in [0.2, 0.25) is 0 Å². The summed E-state index contributed by atoms with van der Waals surface area (Å²) in [4.78, 5) is 0. The molecule has 0 fully saturated rings. The summed E-state index contributed by atoms with van der Waals surface area (Å²) in [6.07, 6.45) is 0. The lowest BCUT2D eigenvalue weighted by Gasteiger charge is -2.07. The van der Waals surface area contributed by atoms with E-state index in [2.05, 4.69) is 0 Å². The number of rotatable bonds is 3. The van der Waals surface area contributed by atoms with Gasteiger partial charge in [0.15, 0.2) is 11.6 Å². The molecule has 0 saturated carbocycles. The average Bonchev–Trinajstić information content (AvgIpc) is 2.58. The maximum atomic E-state index is 13.3. The Labute approximate surface area is 139 Å². The SMILES string of the molecule is Nc1ccc(F)cc1.Nc1ccc(OCc2ccccc2)c(F)c1. The zero-order chi connectivity index (χ0) is 17.4. The van der Waals surface area contributed by atoms with Gasteiger partial charge in [-0.15, -0.1) is 0 Å². The Balaban J connectivity index is 0.000000219. The van der Waals surface area contributed by atoms with Gasteiger partial charge in [0.2, 0.25) is 0 Å². The summed E-state index contributed by atoms with van der Waals surface area (Å²) in [6, 6.07) is 19.7. The molecule has 0 aliphatic carbocycles. The Morgan fingerprint density at radius 2 is 1.38 bits per heavy atom. The van der Waals surface area contributed by atoms with E-state index in [4.69, 9.17) is 16.2 Å². The molecule has 5 heteroatoms. The maximum Gasteiger partial charge on any atom is 0.167 e. The van der Waals surface area contributed by atoms with E-state index in [1.807, 2.05) is 30.3 Å². The van der Waals surface area contributed by atoms with Crippen LogP contribution in [0.3, 0.4) is 0 Å². The average molecular weight is 328 g/mol. The normalized spacial score (nSPS) is 9.75. The fraction of sp³-hybridized carbons (Fsp3) is 0.0526. The number of hydrogen-bond acceptors (Lipinski definition) is 3. The van der Waals surface area contributed by atoms with Crippen molar-refractivity contribution in [1.29, 1.82) is 0 Å². The number of hydrogen-bond donors (Lipinski definition) is 2. The van der Waals surface area contributed by atoms with Gasteiger partial charge in [-0.25, -0.2) is 8.78 Å². The highest BCUT2D eigenvalue weighted by atomic mass is 19.1. The van der Waals surface area contributed by atoms with Gasteiger partial charge in [0.1, 0.15) is 12.4 Å². The molecule has 0 aliphatic rings. The van der Waals surface area contributed by atoms with E-state index >= 15 is 0 Å². The van der Waals surface area contributed by atoms with E-state index in [9.17, 15) is 8.78 Å². The van der Waals surface area contributed by atoms with Crippen molar-refractivity contribution in [3.8, 4) is 5.75 Å². The van der Waals surface area contributed by atoms with E-state index in [1.54, 1.807) is 6.07 Å². The van der Waals surface area contributed by atoms with E-state index in [0.29, 0.717) is 18.0 Å². The molecule has 0 heterocycles. The summed E-state index contributed by atoms with van der Waals surface area (Å²) in [5, 5.41) is 0. The van der Waals surface area contributed by atoms with Gasteiger partial charge in [-0.3, -0.25) is 0 Å². The van der Waals surface area contributed by atoms with Crippen molar-refractivity contribution in [2.45, 2.75) is 6.61 Å². The van der Waals surface area contributed by atoms with Crippen LogP contribution in [0.1, 0.15) is 5.56 Å². The molecule has 3 nitrogen and oxygen atoms in total. The molecule has 0 unspecified atom stereocenters. The van der Waals surface area contributed by atoms with Crippen molar-refractivity contribution in [3.05, 3.63) is 90.0 Å². The first-order chi connectivity index (χ1) is 11.5. The van der Waals surface area contributed by atoms with Gasteiger partial charge in [0, 0.05) is 17.4 Å². The third-order valence-corrected chi connectivity index (χ3v) is 3.06. The molecular weight excluding hydrogens is 310 g/mol. The van der Waals surface area contributed by atoms with Crippen LogP contribution in [0.25, 0.3) is 0 Å². The Morgan fingerprint density at radius 3 is 1.96 bits per heavy atom. The van der Waals surface area contributed by atoms with Crippen molar-refractivity contribution >= 4 is 11.4 Å². The minimum Gasteiger partial charge on any atom is -0.486 e. The number of ether oxygens (including phenoxy) is 1. The molecule has 3 rings (SSSR count). The quantitative estimate of drug-likeness (QED) is 0.701. The lowest BCUT2D eigenvalue weighted by atomic mass is 10.2. The van der Waals surface area contributed by atoms with Crippen LogP contribution in [0, 0.1) is 11.6 Å². The molecule has 3 aromatic carbocycles. The third kappa shape index (κ3) is 5.61. The summed E-state index contributed by atoms with van der Waals surface area (Å²) in [6.45, 7) is 0.349. The molecule has 0 radical (unpaired) electrons. The molecular formula is C19H18F2N2O. The molecule has 3 aromatic rings. The highest BCUT2D eigenvalue weighted by Gasteiger charge is 2.03. The minimum atomic E-state index is -0.434. The van der Waals surface area contributed by atoms with Crippen molar-refractivity contribution < 1.29 is 13.5 Å². The van der Waals surface area contributed by atoms with Crippen molar-refractivity contribution in [3.63, 3.8) is 0 Å². The monoisotopic (exact) mass is 328 g/mol. The Morgan fingerprint density at radius 1 is 0.750 bits per heavy atom. The second-order valence-corrected chi connectivity index (χ2v) is 5.02. The van der Waals surface area contributed by atoms with E-state index in [0.717, 1.165) is 5.56 Å². The van der Waals surface area contributed by atoms with Crippen LogP contribution in [0.5, 0.6) is 5.75 Å². The molecule has 0 aliphatic heterocycles. The van der Waals surface area contributed by atoms with Crippen LogP contribution < -0.4 is 16.2 Å². The van der Waals surface area contributed by atoms with Crippen LogP contribution in [-0.2, 0) is 6.61 Å². The van der Waals surface area contributed by atoms with Gasteiger partial charge in [0.25, 0.3) is 0 Å². The topological polar surface area (TPSA) is 61.3 Å². The Hall–Kier alpha value is -3.08. The number of halogens is 2. The summed E-state index contributed by atoms with van der Waals surface area (Å²) in [5.74, 6) is -0.465. The van der Waals surface area contributed by atoms with Gasteiger partial charge >= 0.3 is 0 Å². The fourth-order valence-corrected chi connectivity index (χ4v) is 1.83. The highest BCUT2D eigenvalue weighted by molar-refractivity contribution is 5.42. The van der Waals surface area contributed by atoms with Crippen LogP contribution >= 0.6 is 0 Å². The van der Waals surface area contributed by atoms with E-state index < -0.39 is 5.82 Å². The maximum absolute atomic E-state index is 13.3. The molecule has 0 bridgehead atoms. The second kappa shape index (κ2) is 8.53. The largest absolute Gasteiger partial charge is 0.486 e. The zero-order valence-electron chi connectivity index (χ0n) is 13.0. The second-order valence-electron chi connectivity index (χ2n) is 5.02. The highest BCUT2D eigenvalue weighted by Crippen LogP contribution is 2.20.